The fourth-order valence-electron chi connectivity index (χ4n) is 1.56. The Balaban J connectivity index is 2.15. The van der Waals surface area contributed by atoms with Gasteiger partial charge in [0.25, 0.3) is 5.91 Å². The van der Waals surface area contributed by atoms with Gasteiger partial charge in [-0.1, -0.05) is 11.6 Å². The zero-order chi connectivity index (χ0) is 14.0. The number of Topliss-reactive ketones (excluding diaryl/α,β-unsaturated/α-hetero) is 1. The van der Waals surface area contributed by atoms with Gasteiger partial charge in [0.05, 0.1) is 5.02 Å². The molecule has 0 saturated carbocycles. The molecule has 19 heavy (non-hydrogen) atoms. The van der Waals surface area contributed by atoms with Crippen LogP contribution in [-0.2, 0) is 0 Å². The number of benzene rings is 1. The van der Waals surface area contributed by atoms with Crippen LogP contribution in [0.25, 0.3) is 0 Å². The van der Waals surface area contributed by atoms with Crippen LogP contribution < -0.4 is 5.32 Å². The quantitative estimate of drug-likeness (QED) is 0.864. The molecule has 1 heterocycles. The van der Waals surface area contributed by atoms with E-state index < -0.39 is 0 Å². The number of hydrogen-bond acceptors (Lipinski definition) is 3. The molecule has 0 aliphatic rings. The lowest BCUT2D eigenvalue weighted by atomic mass is 10.1. The van der Waals surface area contributed by atoms with Crippen molar-refractivity contribution in [3.8, 4) is 0 Å². The van der Waals surface area contributed by atoms with Gasteiger partial charge in [-0.05, 0) is 49.1 Å². The predicted octanol–water partition coefficient (Wildman–Crippen LogP) is 4.16. The van der Waals surface area contributed by atoms with E-state index in [1.54, 1.807) is 24.3 Å². The molecule has 0 fully saturated rings. The first-order chi connectivity index (χ1) is 8.99. The first-order valence-electron chi connectivity index (χ1n) is 5.65. The Labute approximate surface area is 120 Å². The topological polar surface area (TPSA) is 46.2 Å². The summed E-state index contributed by atoms with van der Waals surface area (Å²) in [6, 6.07) is 6.75. The Morgan fingerprint density at radius 1 is 1.21 bits per heavy atom. The number of nitrogens with one attached hydrogen (secondary N) is 1. The lowest BCUT2D eigenvalue weighted by Crippen LogP contribution is -2.10. The Morgan fingerprint density at radius 3 is 2.32 bits per heavy atom. The van der Waals surface area contributed by atoms with Crippen LogP contribution in [0.3, 0.4) is 0 Å². The summed E-state index contributed by atoms with van der Waals surface area (Å²) in [4.78, 5) is 23.7. The number of halogens is 1. The zero-order valence-electron chi connectivity index (χ0n) is 10.5. The highest BCUT2D eigenvalue weighted by Crippen LogP contribution is 2.27. The van der Waals surface area contributed by atoms with Crippen molar-refractivity contribution in [3.63, 3.8) is 0 Å². The van der Waals surface area contributed by atoms with E-state index in [9.17, 15) is 9.59 Å². The van der Waals surface area contributed by atoms with Gasteiger partial charge in [0, 0.05) is 11.3 Å². The molecular weight excluding hydrogens is 282 g/mol. The Bertz CT molecular complexity index is 631. The number of aryl methyl sites for hydroxylation is 1. The van der Waals surface area contributed by atoms with Crippen LogP contribution in [0, 0.1) is 6.92 Å². The third kappa shape index (κ3) is 3.03. The third-order valence-electron chi connectivity index (χ3n) is 2.65. The summed E-state index contributed by atoms with van der Waals surface area (Å²) >= 11 is 7.36. The van der Waals surface area contributed by atoms with E-state index >= 15 is 0 Å². The van der Waals surface area contributed by atoms with E-state index in [1.165, 1.54) is 18.3 Å². The Kier molecular flexibility index (Phi) is 4.02. The van der Waals surface area contributed by atoms with Gasteiger partial charge in [0.1, 0.15) is 4.88 Å². The molecule has 0 atom stereocenters. The molecule has 0 saturated heterocycles. The van der Waals surface area contributed by atoms with Gasteiger partial charge in [-0.15, -0.1) is 11.3 Å². The largest absolute Gasteiger partial charge is 0.321 e. The van der Waals surface area contributed by atoms with Gasteiger partial charge in [0.2, 0.25) is 0 Å². The molecule has 0 aliphatic carbocycles. The normalized spacial score (nSPS) is 10.3. The number of hydrogen-bond donors (Lipinski definition) is 1. The minimum atomic E-state index is -0.237. The van der Waals surface area contributed by atoms with Gasteiger partial charge in [-0.2, -0.15) is 0 Å². The summed E-state index contributed by atoms with van der Waals surface area (Å²) in [6.07, 6.45) is 0. The van der Waals surface area contributed by atoms with E-state index in [1.807, 2.05) is 12.3 Å². The number of anilines is 1. The van der Waals surface area contributed by atoms with Gasteiger partial charge >= 0.3 is 0 Å². The van der Waals surface area contributed by atoms with Crippen molar-refractivity contribution in [2.45, 2.75) is 13.8 Å². The molecule has 0 unspecified atom stereocenters. The van der Waals surface area contributed by atoms with Crippen LogP contribution in [0.1, 0.15) is 32.5 Å². The fraction of sp³-hybridized carbons (Fsp3) is 0.143. The summed E-state index contributed by atoms with van der Waals surface area (Å²) in [7, 11) is 0. The van der Waals surface area contributed by atoms with E-state index in [2.05, 4.69) is 5.32 Å². The first-order valence-corrected chi connectivity index (χ1v) is 6.90. The van der Waals surface area contributed by atoms with Crippen LogP contribution in [-0.4, -0.2) is 11.7 Å². The maximum absolute atomic E-state index is 12.0. The molecule has 5 heteroatoms. The summed E-state index contributed by atoms with van der Waals surface area (Å²) in [5.74, 6) is -0.242. The third-order valence-corrected chi connectivity index (χ3v) is 4.35. The number of rotatable bonds is 3. The minimum absolute atomic E-state index is 0.00481. The maximum Gasteiger partial charge on any atom is 0.267 e. The average Bonchev–Trinajstić information content (AvgIpc) is 2.70. The minimum Gasteiger partial charge on any atom is -0.321 e. The molecule has 3 nitrogen and oxygen atoms in total. The Hall–Kier alpha value is -1.65. The van der Waals surface area contributed by atoms with E-state index in [-0.39, 0.29) is 11.7 Å². The summed E-state index contributed by atoms with van der Waals surface area (Å²) < 4.78 is 0. The van der Waals surface area contributed by atoms with E-state index in [4.69, 9.17) is 11.6 Å². The van der Waals surface area contributed by atoms with Crippen LogP contribution >= 0.6 is 22.9 Å². The van der Waals surface area contributed by atoms with Crippen molar-refractivity contribution in [2.24, 2.45) is 0 Å². The SMILES string of the molecule is CC(=O)c1ccc(NC(=O)c2scc(C)c2Cl)cc1. The van der Waals surface area contributed by atoms with Crippen molar-refractivity contribution in [1.29, 1.82) is 0 Å². The highest BCUT2D eigenvalue weighted by atomic mass is 35.5. The molecule has 2 rings (SSSR count). The number of thiophene rings is 1. The molecule has 1 amide bonds. The number of ketones is 1. The predicted molar refractivity (Wildman–Crippen MR) is 78.5 cm³/mol. The second kappa shape index (κ2) is 5.55. The van der Waals surface area contributed by atoms with Gasteiger partial charge in [0.15, 0.2) is 5.78 Å². The second-order valence-electron chi connectivity index (χ2n) is 4.15. The zero-order valence-corrected chi connectivity index (χ0v) is 12.1. The van der Waals surface area contributed by atoms with E-state index in [0.717, 1.165) is 5.56 Å². The van der Waals surface area contributed by atoms with Gasteiger partial charge in [-0.25, -0.2) is 0 Å². The molecule has 0 radical (unpaired) electrons. The van der Waals surface area contributed by atoms with Crippen molar-refractivity contribution in [3.05, 3.63) is 50.7 Å². The summed E-state index contributed by atoms with van der Waals surface area (Å²) in [5.41, 5.74) is 2.14. The van der Waals surface area contributed by atoms with Crippen LogP contribution in [0.5, 0.6) is 0 Å². The standard InChI is InChI=1S/C14H12ClNO2S/c1-8-7-19-13(12(8)15)14(18)16-11-5-3-10(4-6-11)9(2)17/h3-7H,1-2H3,(H,16,18). The van der Waals surface area contributed by atoms with Crippen molar-refractivity contribution >= 4 is 40.3 Å². The highest BCUT2D eigenvalue weighted by molar-refractivity contribution is 7.13. The smallest absolute Gasteiger partial charge is 0.267 e. The number of amides is 1. The molecule has 1 N–H and O–H groups in total. The molecule has 1 aromatic heterocycles. The fourth-order valence-corrected chi connectivity index (χ4v) is 2.73. The van der Waals surface area contributed by atoms with Gasteiger partial charge < -0.3 is 5.32 Å². The maximum atomic E-state index is 12.0. The van der Waals surface area contributed by atoms with Gasteiger partial charge in [-0.3, -0.25) is 9.59 Å². The first kappa shape index (κ1) is 13.8. The van der Waals surface area contributed by atoms with Crippen LogP contribution in [0.2, 0.25) is 5.02 Å². The summed E-state index contributed by atoms with van der Waals surface area (Å²) in [5, 5.41) is 5.09. The average molecular weight is 294 g/mol. The second-order valence-corrected chi connectivity index (χ2v) is 5.41. The molecule has 0 aliphatic heterocycles. The van der Waals surface area contributed by atoms with Crippen molar-refractivity contribution in [2.75, 3.05) is 5.32 Å². The monoisotopic (exact) mass is 293 g/mol. The molecule has 0 spiro atoms. The summed E-state index contributed by atoms with van der Waals surface area (Å²) in [6.45, 7) is 3.36. The van der Waals surface area contributed by atoms with Crippen LogP contribution in [0.4, 0.5) is 5.69 Å². The van der Waals surface area contributed by atoms with E-state index in [0.29, 0.717) is 21.2 Å². The Morgan fingerprint density at radius 2 is 1.84 bits per heavy atom. The molecular formula is C14H12ClNO2S. The molecule has 98 valence electrons. The van der Waals surface area contributed by atoms with Crippen molar-refractivity contribution in [1.82, 2.24) is 0 Å². The lowest BCUT2D eigenvalue weighted by Gasteiger charge is -2.04. The van der Waals surface area contributed by atoms with Crippen molar-refractivity contribution < 1.29 is 9.59 Å². The highest BCUT2D eigenvalue weighted by Gasteiger charge is 2.14. The number of carbonyl (C=O) groups excluding carboxylic acids is 2. The molecule has 2 aromatic rings. The van der Waals surface area contributed by atoms with Crippen LogP contribution in [0.15, 0.2) is 29.6 Å². The number of carbonyl (C=O) groups is 2. The molecule has 0 bridgehead atoms. The molecule has 1 aromatic carbocycles. The lowest BCUT2D eigenvalue weighted by molar-refractivity contribution is 0.101.